The van der Waals surface area contributed by atoms with Crippen molar-refractivity contribution in [2.45, 2.75) is 13.3 Å². The van der Waals surface area contributed by atoms with Crippen LogP contribution in [0.25, 0.3) is 0 Å². The number of rotatable bonds is 1. The topological polar surface area (TPSA) is 0 Å². The quantitative estimate of drug-likeness (QED) is 0.577. The van der Waals surface area contributed by atoms with Crippen LogP contribution in [0.15, 0.2) is 22.7 Å². The van der Waals surface area contributed by atoms with Crippen LogP contribution in [-0.2, 0) is 0 Å². The first kappa shape index (κ1) is 10.7. The van der Waals surface area contributed by atoms with Gasteiger partial charge in [0, 0.05) is 22.2 Å². The minimum absolute atomic E-state index is 0.816. The van der Waals surface area contributed by atoms with Crippen LogP contribution in [0.1, 0.15) is 17.5 Å². The molecule has 0 nitrogen and oxygen atoms in total. The summed E-state index contributed by atoms with van der Waals surface area (Å²) in [6.07, 6.45) is 0.837. The fourth-order valence-electron chi connectivity index (χ4n) is 0.935. The molecule has 0 saturated heterocycles. The first-order valence-electron chi connectivity index (χ1n) is 4.10. The van der Waals surface area contributed by atoms with Gasteiger partial charge < -0.3 is 0 Å². The van der Waals surface area contributed by atoms with Gasteiger partial charge in [-0.15, -0.1) is 0 Å². The van der Waals surface area contributed by atoms with Gasteiger partial charge in [-0.1, -0.05) is 17.9 Å². The van der Waals surface area contributed by atoms with Crippen LogP contribution in [0.2, 0.25) is 0 Å². The van der Waals surface area contributed by atoms with Gasteiger partial charge in [0.25, 0.3) is 0 Å². The molecule has 13 heavy (non-hydrogen) atoms. The second kappa shape index (κ2) is 5.36. The van der Waals surface area contributed by atoms with E-state index in [4.69, 9.17) is 0 Å². The average Bonchev–Trinajstić information content (AvgIpc) is 2.09. The van der Waals surface area contributed by atoms with Crippen molar-refractivity contribution in [1.82, 2.24) is 0 Å². The largest absolute Gasteiger partial charge is 0.178 e. The molecule has 2 heteroatoms. The van der Waals surface area contributed by atoms with Crippen molar-refractivity contribution in [3.63, 3.8) is 0 Å². The van der Waals surface area contributed by atoms with E-state index < -0.39 is 0 Å². The lowest BCUT2D eigenvalue weighted by Gasteiger charge is -1.96. The van der Waals surface area contributed by atoms with Gasteiger partial charge in [-0.2, -0.15) is 12.6 Å². The van der Waals surface area contributed by atoms with Crippen LogP contribution >= 0.6 is 28.6 Å². The number of benzene rings is 1. The molecule has 0 radical (unpaired) electrons. The maximum absolute atomic E-state index is 4.10. The lowest BCUT2D eigenvalue weighted by molar-refractivity contribution is 1.31. The van der Waals surface area contributed by atoms with Crippen LogP contribution in [0.5, 0.6) is 0 Å². The summed E-state index contributed by atoms with van der Waals surface area (Å²) >= 11 is 7.57. The van der Waals surface area contributed by atoms with Gasteiger partial charge in [-0.3, -0.25) is 0 Å². The standard InChI is InChI=1S/C11H11BrS/c1-9-5-6-10(11(12)8-9)4-2-3-7-13/h5-6,8,13H,3,7H2,1H3. The van der Waals surface area contributed by atoms with Crippen LogP contribution in [0.3, 0.4) is 0 Å². The molecule has 0 aliphatic heterocycles. The third-order valence-electron chi connectivity index (χ3n) is 1.58. The summed E-state index contributed by atoms with van der Waals surface area (Å²) in [6, 6.07) is 6.17. The van der Waals surface area contributed by atoms with E-state index in [9.17, 15) is 0 Å². The van der Waals surface area contributed by atoms with Crippen molar-refractivity contribution in [3.8, 4) is 11.8 Å². The highest BCUT2D eigenvalue weighted by Gasteiger charge is 1.94. The molecule has 0 atom stereocenters. The van der Waals surface area contributed by atoms with Gasteiger partial charge in [0.15, 0.2) is 0 Å². The molecular weight excluding hydrogens is 244 g/mol. The van der Waals surface area contributed by atoms with E-state index in [1.165, 1.54) is 5.56 Å². The summed E-state index contributed by atoms with van der Waals surface area (Å²) in [6.45, 7) is 2.07. The first-order chi connectivity index (χ1) is 6.24. The van der Waals surface area contributed by atoms with Crippen molar-refractivity contribution >= 4 is 28.6 Å². The predicted octanol–water partition coefficient (Wildman–Crippen LogP) is 3.43. The summed E-state index contributed by atoms with van der Waals surface area (Å²) in [4.78, 5) is 0. The second-order valence-corrected chi connectivity index (χ2v) is 4.06. The molecule has 0 aromatic heterocycles. The summed E-state index contributed by atoms with van der Waals surface area (Å²) in [5.74, 6) is 6.97. The highest BCUT2D eigenvalue weighted by Crippen LogP contribution is 2.16. The van der Waals surface area contributed by atoms with Gasteiger partial charge in [-0.25, -0.2) is 0 Å². The zero-order valence-corrected chi connectivity index (χ0v) is 9.95. The minimum Gasteiger partial charge on any atom is -0.178 e. The molecule has 1 rings (SSSR count). The summed E-state index contributed by atoms with van der Waals surface area (Å²) in [5, 5.41) is 0. The normalized spacial score (nSPS) is 9.15. The smallest absolute Gasteiger partial charge is 0.0387 e. The third-order valence-corrected chi connectivity index (χ3v) is 2.46. The van der Waals surface area contributed by atoms with E-state index in [0.717, 1.165) is 22.2 Å². The van der Waals surface area contributed by atoms with Crippen molar-refractivity contribution in [2.24, 2.45) is 0 Å². The number of thiol groups is 1. The Morgan fingerprint density at radius 1 is 1.46 bits per heavy atom. The Bertz CT molecular complexity index is 347. The Hall–Kier alpha value is -0.390. The number of hydrogen-bond acceptors (Lipinski definition) is 1. The maximum atomic E-state index is 4.10. The minimum atomic E-state index is 0.816. The molecule has 0 fully saturated rings. The van der Waals surface area contributed by atoms with Crippen LogP contribution in [-0.4, -0.2) is 5.75 Å². The van der Waals surface area contributed by atoms with Crippen molar-refractivity contribution < 1.29 is 0 Å². The Balaban J connectivity index is 2.85. The van der Waals surface area contributed by atoms with Gasteiger partial charge in [0.2, 0.25) is 0 Å². The van der Waals surface area contributed by atoms with E-state index in [2.05, 4.69) is 59.5 Å². The van der Waals surface area contributed by atoms with E-state index in [1.807, 2.05) is 6.07 Å². The van der Waals surface area contributed by atoms with E-state index in [-0.39, 0.29) is 0 Å². The fraction of sp³-hybridized carbons (Fsp3) is 0.273. The van der Waals surface area contributed by atoms with Crippen molar-refractivity contribution in [3.05, 3.63) is 33.8 Å². The Kier molecular flexibility index (Phi) is 4.41. The predicted molar refractivity (Wildman–Crippen MR) is 64.2 cm³/mol. The van der Waals surface area contributed by atoms with Gasteiger partial charge in [0.05, 0.1) is 0 Å². The lowest BCUT2D eigenvalue weighted by atomic mass is 10.1. The molecule has 0 aliphatic rings. The molecule has 0 bridgehead atoms. The van der Waals surface area contributed by atoms with Gasteiger partial charge in [-0.05, 0) is 40.5 Å². The van der Waals surface area contributed by atoms with Crippen molar-refractivity contribution in [2.75, 3.05) is 5.75 Å². The first-order valence-corrected chi connectivity index (χ1v) is 5.52. The van der Waals surface area contributed by atoms with Crippen LogP contribution < -0.4 is 0 Å². The number of hydrogen-bond donors (Lipinski definition) is 1. The molecule has 0 saturated carbocycles. The molecule has 0 heterocycles. The molecule has 0 N–H and O–H groups in total. The van der Waals surface area contributed by atoms with E-state index in [1.54, 1.807) is 0 Å². The van der Waals surface area contributed by atoms with Gasteiger partial charge in [0.1, 0.15) is 0 Å². The molecule has 1 aromatic rings. The van der Waals surface area contributed by atoms with Gasteiger partial charge >= 0.3 is 0 Å². The summed E-state index contributed by atoms with van der Waals surface area (Å²) in [5.41, 5.74) is 2.29. The zero-order valence-electron chi connectivity index (χ0n) is 7.47. The zero-order chi connectivity index (χ0) is 9.68. The Morgan fingerprint density at radius 3 is 2.85 bits per heavy atom. The second-order valence-electron chi connectivity index (χ2n) is 2.76. The van der Waals surface area contributed by atoms with Crippen LogP contribution in [0.4, 0.5) is 0 Å². The summed E-state index contributed by atoms with van der Waals surface area (Å²) < 4.78 is 1.07. The fourth-order valence-corrected chi connectivity index (χ4v) is 1.64. The SMILES string of the molecule is Cc1ccc(C#CCCS)c(Br)c1. The molecule has 0 amide bonds. The number of halogens is 1. The molecule has 0 unspecified atom stereocenters. The van der Waals surface area contributed by atoms with E-state index >= 15 is 0 Å². The monoisotopic (exact) mass is 254 g/mol. The highest BCUT2D eigenvalue weighted by molar-refractivity contribution is 9.10. The van der Waals surface area contributed by atoms with E-state index in [0.29, 0.717) is 0 Å². The summed E-state index contributed by atoms with van der Waals surface area (Å²) in [7, 11) is 0. The average molecular weight is 255 g/mol. The maximum Gasteiger partial charge on any atom is 0.0387 e. The molecule has 0 spiro atoms. The molecule has 1 aromatic carbocycles. The Labute approximate surface area is 93.3 Å². The third kappa shape index (κ3) is 3.46. The van der Waals surface area contributed by atoms with Crippen molar-refractivity contribution in [1.29, 1.82) is 0 Å². The Morgan fingerprint density at radius 2 is 2.23 bits per heavy atom. The molecule has 68 valence electrons. The molecular formula is C11H11BrS. The highest BCUT2D eigenvalue weighted by atomic mass is 79.9. The number of aryl methyl sites for hydroxylation is 1. The molecule has 0 aliphatic carbocycles. The lowest BCUT2D eigenvalue weighted by Crippen LogP contribution is -1.79. The van der Waals surface area contributed by atoms with Crippen LogP contribution in [0, 0.1) is 18.8 Å².